The number of carbonyl (C=O) groups excluding carboxylic acids is 1. The lowest BCUT2D eigenvalue weighted by molar-refractivity contribution is 0.0946. The van der Waals surface area contributed by atoms with Gasteiger partial charge in [0, 0.05) is 6.54 Å². The highest BCUT2D eigenvalue weighted by Gasteiger charge is 2.20. The number of pyridine rings is 1. The molecule has 0 spiro atoms. The maximum Gasteiger partial charge on any atom is 0.271 e. The molecule has 1 heterocycles. The molecule has 0 atom stereocenters. The Labute approximate surface area is 142 Å². The smallest absolute Gasteiger partial charge is 0.271 e. The number of hydrogen-bond acceptors (Lipinski definition) is 2. The molecular weight excluding hydrogens is 354 g/mol. The molecule has 0 radical (unpaired) electrons. The van der Waals surface area contributed by atoms with Crippen molar-refractivity contribution in [2.24, 2.45) is 0 Å². The van der Waals surface area contributed by atoms with Gasteiger partial charge in [0.25, 0.3) is 5.91 Å². The molecule has 110 valence electrons. The van der Waals surface area contributed by atoms with E-state index in [2.05, 4.69) is 10.3 Å². The number of carbonyl (C=O) groups is 1. The van der Waals surface area contributed by atoms with E-state index < -0.39 is 5.91 Å². The van der Waals surface area contributed by atoms with Gasteiger partial charge in [-0.1, -0.05) is 70.7 Å². The lowest BCUT2D eigenvalue weighted by Gasteiger charge is -2.10. The summed E-state index contributed by atoms with van der Waals surface area (Å²) in [5.41, 5.74) is 2.02. The van der Waals surface area contributed by atoms with Gasteiger partial charge in [-0.3, -0.25) is 4.79 Å². The number of rotatable bonds is 3. The molecule has 0 unspecified atom stereocenters. The predicted molar refractivity (Wildman–Crippen MR) is 86.6 cm³/mol. The second kappa shape index (κ2) is 6.84. The minimum Gasteiger partial charge on any atom is -0.347 e. The van der Waals surface area contributed by atoms with Crippen LogP contribution in [0.2, 0.25) is 20.2 Å². The maximum atomic E-state index is 12.1. The lowest BCUT2D eigenvalue weighted by atomic mass is 10.1. The molecule has 0 fully saturated rings. The number of nitrogens with one attached hydrogen (secondary N) is 1. The molecule has 2 aromatic rings. The second-order valence-corrected chi connectivity index (χ2v) is 5.79. The molecule has 1 N–H and O–H groups in total. The first kappa shape index (κ1) is 16.4. The number of aromatic nitrogens is 1. The average molecular weight is 364 g/mol. The first-order valence-electron chi connectivity index (χ1n) is 5.94. The van der Waals surface area contributed by atoms with Crippen molar-refractivity contribution in [3.63, 3.8) is 0 Å². The van der Waals surface area contributed by atoms with Crippen LogP contribution < -0.4 is 5.32 Å². The summed E-state index contributed by atoms with van der Waals surface area (Å²) in [6.07, 6.45) is 0. The molecule has 0 saturated carbocycles. The zero-order chi connectivity index (χ0) is 15.6. The molecule has 1 aromatic carbocycles. The van der Waals surface area contributed by atoms with E-state index in [1.165, 1.54) is 0 Å². The van der Waals surface area contributed by atoms with Gasteiger partial charge in [-0.25, -0.2) is 4.98 Å². The van der Waals surface area contributed by atoms with Crippen LogP contribution >= 0.6 is 46.4 Å². The highest BCUT2D eigenvalue weighted by Crippen LogP contribution is 2.36. The zero-order valence-electron chi connectivity index (χ0n) is 10.9. The van der Waals surface area contributed by atoms with Crippen LogP contribution in [0.3, 0.4) is 0 Å². The SMILES string of the molecule is Cc1ccccc1CNC(=O)c1nc(Cl)c(Cl)c(Cl)c1Cl. The molecule has 1 amide bonds. The van der Waals surface area contributed by atoms with Crippen LogP contribution in [0.1, 0.15) is 21.6 Å². The van der Waals surface area contributed by atoms with Gasteiger partial charge in [0.05, 0.1) is 15.1 Å². The maximum absolute atomic E-state index is 12.1. The molecule has 0 aliphatic rings. The molecule has 0 aliphatic heterocycles. The Hall–Kier alpha value is -1.000. The van der Waals surface area contributed by atoms with Gasteiger partial charge in [-0.2, -0.15) is 0 Å². The summed E-state index contributed by atoms with van der Waals surface area (Å²) in [5, 5.41) is 2.68. The van der Waals surface area contributed by atoms with Gasteiger partial charge >= 0.3 is 0 Å². The first-order chi connectivity index (χ1) is 9.91. The van der Waals surface area contributed by atoms with Gasteiger partial charge in [-0.15, -0.1) is 0 Å². The summed E-state index contributed by atoms with van der Waals surface area (Å²) in [4.78, 5) is 16.0. The summed E-state index contributed by atoms with van der Waals surface area (Å²) in [6, 6.07) is 7.71. The third-order valence-electron chi connectivity index (χ3n) is 2.90. The van der Waals surface area contributed by atoms with Crippen LogP contribution in [-0.2, 0) is 6.54 Å². The summed E-state index contributed by atoms with van der Waals surface area (Å²) in [7, 11) is 0. The van der Waals surface area contributed by atoms with Crippen molar-refractivity contribution in [3.05, 3.63) is 61.3 Å². The van der Waals surface area contributed by atoms with E-state index >= 15 is 0 Å². The minimum atomic E-state index is -0.469. The van der Waals surface area contributed by atoms with Crippen LogP contribution in [0.4, 0.5) is 0 Å². The third kappa shape index (κ3) is 3.61. The van der Waals surface area contributed by atoms with Crippen LogP contribution in [0.15, 0.2) is 24.3 Å². The third-order valence-corrected chi connectivity index (χ3v) is 4.58. The van der Waals surface area contributed by atoms with Crippen molar-refractivity contribution >= 4 is 52.3 Å². The molecular formula is C14H10Cl4N2O. The Morgan fingerprint density at radius 3 is 2.43 bits per heavy atom. The van der Waals surface area contributed by atoms with E-state index in [0.717, 1.165) is 11.1 Å². The number of hydrogen-bond donors (Lipinski definition) is 1. The van der Waals surface area contributed by atoms with Crippen LogP contribution in [0.5, 0.6) is 0 Å². The largest absolute Gasteiger partial charge is 0.347 e. The van der Waals surface area contributed by atoms with Crippen molar-refractivity contribution in [1.82, 2.24) is 10.3 Å². The molecule has 21 heavy (non-hydrogen) atoms. The van der Waals surface area contributed by atoms with Gasteiger partial charge in [0.2, 0.25) is 0 Å². The molecule has 7 heteroatoms. The van der Waals surface area contributed by atoms with Crippen molar-refractivity contribution in [2.75, 3.05) is 0 Å². The quantitative estimate of drug-likeness (QED) is 0.785. The number of amides is 1. The molecule has 0 aliphatic carbocycles. The fraction of sp³-hybridized carbons (Fsp3) is 0.143. The van der Waals surface area contributed by atoms with E-state index in [-0.39, 0.29) is 25.9 Å². The van der Waals surface area contributed by atoms with Gasteiger partial charge < -0.3 is 5.32 Å². The van der Waals surface area contributed by atoms with Crippen LogP contribution in [-0.4, -0.2) is 10.9 Å². The van der Waals surface area contributed by atoms with E-state index in [4.69, 9.17) is 46.4 Å². The number of halogens is 4. The van der Waals surface area contributed by atoms with Crippen LogP contribution in [0.25, 0.3) is 0 Å². The molecule has 2 rings (SSSR count). The Kier molecular flexibility index (Phi) is 5.33. The topological polar surface area (TPSA) is 42.0 Å². The molecule has 1 aromatic heterocycles. The standard InChI is InChI=1S/C14H10Cl4N2O/c1-7-4-2-3-5-8(7)6-19-14(21)12-10(16)9(15)11(17)13(18)20-12/h2-5H,6H2,1H3,(H,19,21). The van der Waals surface area contributed by atoms with E-state index in [1.807, 2.05) is 31.2 Å². The zero-order valence-corrected chi connectivity index (χ0v) is 13.9. The number of aryl methyl sites for hydroxylation is 1. The average Bonchev–Trinajstić information content (AvgIpc) is 2.47. The van der Waals surface area contributed by atoms with Crippen molar-refractivity contribution < 1.29 is 4.79 Å². The lowest BCUT2D eigenvalue weighted by Crippen LogP contribution is -2.24. The Balaban J connectivity index is 2.20. The molecule has 0 bridgehead atoms. The van der Waals surface area contributed by atoms with Crippen molar-refractivity contribution in [1.29, 1.82) is 0 Å². The van der Waals surface area contributed by atoms with Crippen LogP contribution in [0, 0.1) is 6.92 Å². The molecule has 0 saturated heterocycles. The molecule has 3 nitrogen and oxygen atoms in total. The predicted octanol–water partition coefficient (Wildman–Crippen LogP) is 4.93. The highest BCUT2D eigenvalue weighted by atomic mass is 35.5. The summed E-state index contributed by atoms with van der Waals surface area (Å²) < 4.78 is 0. The van der Waals surface area contributed by atoms with E-state index in [0.29, 0.717) is 6.54 Å². The normalized spacial score (nSPS) is 10.5. The van der Waals surface area contributed by atoms with Crippen molar-refractivity contribution in [3.8, 4) is 0 Å². The number of benzene rings is 1. The van der Waals surface area contributed by atoms with Gasteiger partial charge in [0.15, 0.2) is 0 Å². The van der Waals surface area contributed by atoms with E-state index in [1.54, 1.807) is 0 Å². The second-order valence-electron chi connectivity index (χ2n) is 4.30. The Morgan fingerprint density at radius 2 is 1.76 bits per heavy atom. The monoisotopic (exact) mass is 362 g/mol. The van der Waals surface area contributed by atoms with E-state index in [9.17, 15) is 4.79 Å². The summed E-state index contributed by atoms with van der Waals surface area (Å²) in [5.74, 6) is -0.469. The summed E-state index contributed by atoms with van der Waals surface area (Å²) in [6.45, 7) is 2.31. The number of nitrogens with zero attached hydrogens (tertiary/aromatic N) is 1. The highest BCUT2D eigenvalue weighted by molar-refractivity contribution is 6.52. The first-order valence-corrected chi connectivity index (χ1v) is 7.45. The Morgan fingerprint density at radius 1 is 1.10 bits per heavy atom. The fourth-order valence-corrected chi connectivity index (χ4v) is 2.52. The minimum absolute atomic E-state index is 0.0133. The van der Waals surface area contributed by atoms with Gasteiger partial charge in [-0.05, 0) is 18.1 Å². The fourth-order valence-electron chi connectivity index (χ4n) is 1.71. The van der Waals surface area contributed by atoms with Crippen molar-refractivity contribution in [2.45, 2.75) is 13.5 Å². The van der Waals surface area contributed by atoms with Gasteiger partial charge in [0.1, 0.15) is 10.8 Å². The summed E-state index contributed by atoms with van der Waals surface area (Å²) >= 11 is 23.5. The Bertz CT molecular complexity index is 704.